The van der Waals surface area contributed by atoms with Crippen molar-refractivity contribution < 1.29 is 14.3 Å². The average Bonchev–Trinajstić information content (AvgIpc) is 3.36. The number of halogens is 1. The molecule has 3 unspecified atom stereocenters. The minimum atomic E-state index is -0.261. The van der Waals surface area contributed by atoms with Gasteiger partial charge in [-0.15, -0.1) is 0 Å². The van der Waals surface area contributed by atoms with Crippen LogP contribution in [-0.2, 0) is 0 Å². The van der Waals surface area contributed by atoms with Gasteiger partial charge in [0, 0.05) is 6.54 Å². The summed E-state index contributed by atoms with van der Waals surface area (Å²) in [7, 11) is 0. The van der Waals surface area contributed by atoms with Gasteiger partial charge < -0.3 is 15.7 Å². The van der Waals surface area contributed by atoms with E-state index in [1.807, 2.05) is 0 Å². The highest BCUT2D eigenvalue weighted by Crippen LogP contribution is 2.41. The van der Waals surface area contributed by atoms with E-state index in [0.717, 1.165) is 44.1 Å². The lowest BCUT2D eigenvalue weighted by atomic mass is 9.87. The first-order valence-corrected chi connectivity index (χ1v) is 8.59. The van der Waals surface area contributed by atoms with Crippen LogP contribution in [0.15, 0.2) is 24.3 Å². The molecule has 126 valence electrons. The van der Waals surface area contributed by atoms with E-state index < -0.39 is 0 Å². The van der Waals surface area contributed by atoms with Crippen molar-refractivity contribution in [3.63, 3.8) is 0 Å². The largest absolute Gasteiger partial charge is 0.393 e. The number of carbonyl (C=O) groups excluding carboxylic acids is 1. The average molecular weight is 320 g/mol. The van der Waals surface area contributed by atoms with Gasteiger partial charge >= 0.3 is 6.03 Å². The van der Waals surface area contributed by atoms with Gasteiger partial charge in [-0.05, 0) is 61.6 Å². The summed E-state index contributed by atoms with van der Waals surface area (Å²) < 4.78 is 13.1. The fraction of sp³-hybridized carbons (Fsp3) is 0.611. The van der Waals surface area contributed by atoms with Gasteiger partial charge in [0.25, 0.3) is 0 Å². The maximum Gasteiger partial charge on any atom is 0.315 e. The van der Waals surface area contributed by atoms with Gasteiger partial charge in [-0.3, -0.25) is 0 Å². The van der Waals surface area contributed by atoms with E-state index in [0.29, 0.717) is 18.4 Å². The third kappa shape index (κ3) is 4.67. The summed E-state index contributed by atoms with van der Waals surface area (Å²) in [5.41, 5.74) is 0.956. The van der Waals surface area contributed by atoms with Crippen LogP contribution >= 0.6 is 0 Å². The smallest absolute Gasteiger partial charge is 0.315 e. The van der Waals surface area contributed by atoms with Gasteiger partial charge in [-0.25, -0.2) is 9.18 Å². The van der Waals surface area contributed by atoms with Crippen molar-refractivity contribution in [3.8, 4) is 0 Å². The molecule has 0 aromatic heterocycles. The predicted molar refractivity (Wildman–Crippen MR) is 86.4 cm³/mol. The Bertz CT molecular complexity index is 530. The molecule has 0 spiro atoms. The zero-order valence-electron chi connectivity index (χ0n) is 13.3. The SMILES string of the molecule is O=C(NCC1CCCC(O)C1)NC(c1ccc(F)cc1)C1CC1. The minimum Gasteiger partial charge on any atom is -0.393 e. The molecule has 2 amide bonds. The Morgan fingerprint density at radius 1 is 1.22 bits per heavy atom. The molecule has 3 rings (SSSR count). The van der Waals surface area contributed by atoms with E-state index in [4.69, 9.17) is 0 Å². The van der Waals surface area contributed by atoms with Crippen molar-refractivity contribution >= 4 is 6.03 Å². The Labute approximate surface area is 136 Å². The summed E-state index contributed by atoms with van der Waals surface area (Å²) in [5, 5.41) is 15.6. The molecule has 0 aliphatic heterocycles. The van der Waals surface area contributed by atoms with Crippen LogP contribution in [0, 0.1) is 17.7 Å². The quantitative estimate of drug-likeness (QED) is 0.780. The number of aliphatic hydroxyl groups is 1. The molecule has 3 N–H and O–H groups in total. The lowest BCUT2D eigenvalue weighted by molar-refractivity contribution is 0.101. The fourth-order valence-corrected chi connectivity index (χ4v) is 3.45. The van der Waals surface area contributed by atoms with Crippen LogP contribution in [-0.4, -0.2) is 23.8 Å². The number of amides is 2. The molecule has 23 heavy (non-hydrogen) atoms. The lowest BCUT2D eigenvalue weighted by Gasteiger charge is -2.26. The zero-order valence-corrected chi connectivity index (χ0v) is 13.3. The first-order chi connectivity index (χ1) is 11.1. The number of hydrogen-bond acceptors (Lipinski definition) is 2. The van der Waals surface area contributed by atoms with Crippen LogP contribution < -0.4 is 10.6 Å². The first kappa shape index (κ1) is 16.2. The molecular weight excluding hydrogens is 295 g/mol. The van der Waals surface area contributed by atoms with Crippen molar-refractivity contribution in [3.05, 3.63) is 35.6 Å². The van der Waals surface area contributed by atoms with E-state index in [1.54, 1.807) is 12.1 Å². The van der Waals surface area contributed by atoms with Crippen LogP contribution in [0.25, 0.3) is 0 Å². The predicted octanol–water partition coefficient (Wildman–Crippen LogP) is 3.13. The molecule has 3 atom stereocenters. The van der Waals surface area contributed by atoms with Crippen LogP contribution in [0.1, 0.15) is 50.1 Å². The molecule has 2 fully saturated rings. The van der Waals surface area contributed by atoms with Crippen LogP contribution in [0.5, 0.6) is 0 Å². The van der Waals surface area contributed by atoms with E-state index in [1.165, 1.54) is 12.1 Å². The molecule has 0 bridgehead atoms. The summed E-state index contributed by atoms with van der Waals surface area (Å²) in [5.74, 6) is 0.543. The number of hydrogen-bond donors (Lipinski definition) is 3. The van der Waals surface area contributed by atoms with Crippen molar-refractivity contribution in [1.82, 2.24) is 10.6 Å². The molecular formula is C18H25FN2O2. The monoisotopic (exact) mass is 320 g/mol. The summed E-state index contributed by atoms with van der Waals surface area (Å²) in [6.07, 6.45) is 5.68. The van der Waals surface area contributed by atoms with E-state index >= 15 is 0 Å². The molecule has 2 saturated carbocycles. The van der Waals surface area contributed by atoms with Gasteiger partial charge in [-0.2, -0.15) is 0 Å². The minimum absolute atomic E-state index is 0.0486. The highest BCUT2D eigenvalue weighted by Gasteiger charge is 2.33. The molecule has 1 aromatic rings. The highest BCUT2D eigenvalue weighted by atomic mass is 19.1. The molecule has 0 heterocycles. The molecule has 5 heteroatoms. The van der Waals surface area contributed by atoms with Crippen molar-refractivity contribution in [2.24, 2.45) is 11.8 Å². The van der Waals surface area contributed by atoms with Crippen LogP contribution in [0.2, 0.25) is 0 Å². The molecule has 0 radical (unpaired) electrons. The maximum absolute atomic E-state index is 13.1. The lowest BCUT2D eigenvalue weighted by Crippen LogP contribution is -2.41. The van der Waals surface area contributed by atoms with Gasteiger partial charge in [0.2, 0.25) is 0 Å². The Morgan fingerprint density at radius 2 is 1.96 bits per heavy atom. The Morgan fingerprint density at radius 3 is 2.61 bits per heavy atom. The van der Waals surface area contributed by atoms with Gasteiger partial charge in [0.05, 0.1) is 12.1 Å². The molecule has 1 aromatic carbocycles. The maximum atomic E-state index is 13.1. The van der Waals surface area contributed by atoms with Gasteiger partial charge in [0.15, 0.2) is 0 Å². The van der Waals surface area contributed by atoms with Crippen LogP contribution in [0.3, 0.4) is 0 Å². The number of nitrogens with one attached hydrogen (secondary N) is 2. The Kier molecular flexibility index (Phi) is 5.16. The highest BCUT2D eigenvalue weighted by molar-refractivity contribution is 5.74. The van der Waals surface area contributed by atoms with E-state index in [2.05, 4.69) is 10.6 Å². The molecule has 2 aliphatic rings. The second-order valence-corrected chi connectivity index (χ2v) is 6.91. The molecule has 0 saturated heterocycles. The summed E-state index contributed by atoms with van der Waals surface area (Å²) in [6.45, 7) is 0.601. The molecule has 2 aliphatic carbocycles. The zero-order chi connectivity index (χ0) is 16.2. The second-order valence-electron chi connectivity index (χ2n) is 6.91. The third-order valence-electron chi connectivity index (χ3n) is 4.92. The normalized spacial score (nSPS) is 25.7. The number of carbonyl (C=O) groups is 1. The fourth-order valence-electron chi connectivity index (χ4n) is 3.45. The Hall–Kier alpha value is -1.62. The van der Waals surface area contributed by atoms with Crippen molar-refractivity contribution in [1.29, 1.82) is 0 Å². The van der Waals surface area contributed by atoms with Crippen molar-refractivity contribution in [2.75, 3.05) is 6.54 Å². The number of aliphatic hydroxyl groups excluding tert-OH is 1. The van der Waals surface area contributed by atoms with Gasteiger partial charge in [-0.1, -0.05) is 18.6 Å². The third-order valence-corrected chi connectivity index (χ3v) is 4.92. The molecule has 4 nitrogen and oxygen atoms in total. The number of benzene rings is 1. The number of urea groups is 1. The topological polar surface area (TPSA) is 61.4 Å². The number of rotatable bonds is 5. The summed E-state index contributed by atoms with van der Waals surface area (Å²) >= 11 is 0. The van der Waals surface area contributed by atoms with Crippen molar-refractivity contribution in [2.45, 2.75) is 50.7 Å². The van der Waals surface area contributed by atoms with E-state index in [9.17, 15) is 14.3 Å². The Balaban J connectivity index is 1.51. The van der Waals surface area contributed by atoms with E-state index in [-0.39, 0.29) is 24.0 Å². The van der Waals surface area contributed by atoms with Crippen LogP contribution in [0.4, 0.5) is 9.18 Å². The second kappa shape index (κ2) is 7.30. The van der Waals surface area contributed by atoms with Gasteiger partial charge in [0.1, 0.15) is 5.82 Å². The standard InChI is InChI=1S/C18H25FN2O2/c19-15-8-6-14(7-9-15)17(13-4-5-13)21-18(23)20-11-12-2-1-3-16(22)10-12/h6-9,12-13,16-17,22H,1-5,10-11H2,(H2,20,21,23). The summed E-state index contributed by atoms with van der Waals surface area (Å²) in [6, 6.07) is 6.15. The first-order valence-electron chi connectivity index (χ1n) is 8.59. The summed E-state index contributed by atoms with van der Waals surface area (Å²) in [4.78, 5) is 12.2.